The number of methoxy groups -OCH3 is 1. The van der Waals surface area contributed by atoms with E-state index in [1.165, 1.54) is 24.3 Å². The van der Waals surface area contributed by atoms with Gasteiger partial charge in [-0.2, -0.15) is 29.8 Å². The van der Waals surface area contributed by atoms with Crippen molar-refractivity contribution in [1.29, 1.82) is 0 Å². The van der Waals surface area contributed by atoms with E-state index in [2.05, 4.69) is 4.90 Å². The first kappa shape index (κ1) is 44.7. The predicted molar refractivity (Wildman–Crippen MR) is 214 cm³/mol. The monoisotopic (exact) mass is 835 g/mol. The summed E-state index contributed by atoms with van der Waals surface area (Å²) in [7, 11) is -11.7. The Morgan fingerprint density at radius 2 is 1.43 bits per heavy atom. The lowest BCUT2D eigenvalue weighted by Crippen LogP contribution is -2.32. The molecular formula is C39H51N2O12S3+. The Hall–Kier alpha value is -3.97. The zero-order valence-electron chi connectivity index (χ0n) is 32.0. The van der Waals surface area contributed by atoms with Crippen LogP contribution in [-0.4, -0.2) is 92.8 Å². The van der Waals surface area contributed by atoms with E-state index in [-0.39, 0.29) is 29.1 Å². The maximum absolute atomic E-state index is 12.2. The Labute approximate surface area is 329 Å². The van der Waals surface area contributed by atoms with E-state index in [0.29, 0.717) is 56.6 Å². The number of nitrogens with zero attached hydrogens (tertiary/aromatic N) is 2. The third-order valence-corrected chi connectivity index (χ3v) is 12.9. The van der Waals surface area contributed by atoms with Gasteiger partial charge in [0, 0.05) is 67.6 Å². The topological polar surface area (TPSA) is 216 Å². The average molecular weight is 836 g/mol. The van der Waals surface area contributed by atoms with Gasteiger partial charge in [0.25, 0.3) is 30.4 Å². The number of fused-ring (bicyclic) bond motifs is 2. The lowest BCUT2D eigenvalue weighted by molar-refractivity contribution is -0.438. The molecule has 306 valence electrons. The van der Waals surface area contributed by atoms with E-state index in [0.717, 1.165) is 22.7 Å². The molecule has 56 heavy (non-hydrogen) atoms. The van der Waals surface area contributed by atoms with Crippen LogP contribution in [0.25, 0.3) is 0 Å². The summed E-state index contributed by atoms with van der Waals surface area (Å²) in [5.41, 5.74) is 2.90. The van der Waals surface area contributed by atoms with Gasteiger partial charge < -0.3 is 14.7 Å². The molecule has 0 amide bonds. The van der Waals surface area contributed by atoms with Crippen LogP contribution in [0.15, 0.2) is 94.4 Å². The molecule has 2 heterocycles. The number of carboxylic acids is 1. The second kappa shape index (κ2) is 18.1. The standard InChI is InChI=1S/C39H50N2O12S3/c1-5-40-33-20-18-29(55(47,48)49)27-31(33)39(3,23-25-53-4)35(40)15-10-7-6-8-11-16-36-38(2,22-14-26-54(44,45)46)32-28-30(56(50,51)52)19-21-34(32)41(36)24-13-9-12-17-37(42)43/h6-8,10-11,15-16,18-21,27-28H,5,9,12-14,17,22-26H2,1-4H3,(H3-,42,43,44,45,46,47,48,49,50,51,52)/p+1. The van der Waals surface area contributed by atoms with Crippen molar-refractivity contribution in [2.75, 3.05) is 37.5 Å². The van der Waals surface area contributed by atoms with Gasteiger partial charge in [0.05, 0.1) is 21.0 Å². The van der Waals surface area contributed by atoms with Crippen LogP contribution in [0.3, 0.4) is 0 Å². The van der Waals surface area contributed by atoms with Gasteiger partial charge in [-0.05, 0) is 94.8 Å². The van der Waals surface area contributed by atoms with Crippen LogP contribution in [-0.2, 0) is 50.7 Å². The lowest BCUT2D eigenvalue weighted by atomic mass is 9.76. The summed E-state index contributed by atoms with van der Waals surface area (Å²) >= 11 is 0. The number of ether oxygens (including phenoxy) is 1. The number of carboxylic acid groups (broad SMARTS) is 1. The van der Waals surface area contributed by atoms with Gasteiger partial charge in [-0.3, -0.25) is 18.5 Å². The SMILES string of the molecule is CCN1/C(=C/C=C/C=C/C=C/C2=[N+](CCCCCC(=O)O)c3ccc(S(=O)(=O)O)cc3C2(C)CCCS(=O)(=O)O)C(C)(CCOC)c2cc(S(=O)(=O)O)ccc21. The van der Waals surface area contributed by atoms with Crippen molar-refractivity contribution in [1.82, 2.24) is 0 Å². The van der Waals surface area contributed by atoms with Gasteiger partial charge in [0.2, 0.25) is 5.69 Å². The quantitative estimate of drug-likeness (QED) is 0.0504. The fourth-order valence-electron chi connectivity index (χ4n) is 7.62. The number of allylic oxidation sites excluding steroid dienone is 8. The van der Waals surface area contributed by atoms with Crippen molar-refractivity contribution in [3.63, 3.8) is 0 Å². The van der Waals surface area contributed by atoms with Crippen molar-refractivity contribution in [3.05, 3.63) is 95.8 Å². The smallest absolute Gasteiger partial charge is 0.303 e. The van der Waals surface area contributed by atoms with Crippen LogP contribution in [0.1, 0.15) is 76.8 Å². The van der Waals surface area contributed by atoms with E-state index >= 15 is 0 Å². The second-order valence-electron chi connectivity index (χ2n) is 14.3. The molecule has 2 unspecified atom stereocenters. The van der Waals surface area contributed by atoms with Crippen molar-refractivity contribution in [2.24, 2.45) is 0 Å². The van der Waals surface area contributed by atoms with Crippen LogP contribution in [0.5, 0.6) is 0 Å². The third kappa shape index (κ3) is 10.5. The molecule has 0 saturated carbocycles. The zero-order chi connectivity index (χ0) is 41.5. The first-order valence-electron chi connectivity index (χ1n) is 18.2. The van der Waals surface area contributed by atoms with Crippen molar-refractivity contribution in [2.45, 2.75) is 86.3 Å². The zero-order valence-corrected chi connectivity index (χ0v) is 34.4. The van der Waals surface area contributed by atoms with Crippen LogP contribution >= 0.6 is 0 Å². The summed E-state index contributed by atoms with van der Waals surface area (Å²) in [5.74, 6) is -1.40. The summed E-state index contributed by atoms with van der Waals surface area (Å²) in [6.45, 7) is 7.30. The molecule has 2 aliphatic rings. The number of anilines is 1. The van der Waals surface area contributed by atoms with Crippen molar-refractivity contribution < 1.29 is 58.1 Å². The number of unbranched alkanes of at least 4 members (excludes halogenated alkanes) is 2. The number of rotatable bonds is 20. The first-order valence-corrected chi connectivity index (χ1v) is 22.7. The second-order valence-corrected chi connectivity index (χ2v) is 18.7. The molecule has 0 fully saturated rings. The average Bonchev–Trinajstić information content (AvgIpc) is 3.48. The van der Waals surface area contributed by atoms with Gasteiger partial charge in [0.15, 0.2) is 5.71 Å². The molecule has 0 spiro atoms. The highest BCUT2D eigenvalue weighted by molar-refractivity contribution is 7.86. The van der Waals surface area contributed by atoms with Gasteiger partial charge in [-0.25, -0.2) is 0 Å². The number of aliphatic carboxylic acids is 1. The molecule has 0 bridgehead atoms. The molecule has 2 atom stereocenters. The van der Waals surface area contributed by atoms with Gasteiger partial charge in [-0.1, -0.05) is 30.4 Å². The molecule has 0 radical (unpaired) electrons. The van der Waals surface area contributed by atoms with E-state index in [1.807, 2.05) is 49.7 Å². The molecule has 4 rings (SSSR count). The summed E-state index contributed by atoms with van der Waals surface area (Å²) < 4.78 is 108. The third-order valence-electron chi connectivity index (χ3n) is 10.4. The van der Waals surface area contributed by atoms with Gasteiger partial charge >= 0.3 is 5.97 Å². The lowest BCUT2D eigenvalue weighted by Gasteiger charge is -2.29. The summed E-state index contributed by atoms with van der Waals surface area (Å²) in [6, 6.07) is 8.86. The summed E-state index contributed by atoms with van der Waals surface area (Å²) in [6.07, 6.45) is 15.4. The van der Waals surface area contributed by atoms with E-state index in [1.54, 1.807) is 37.5 Å². The molecule has 2 aromatic carbocycles. The Bertz CT molecular complexity index is 2290. The first-order chi connectivity index (χ1) is 26.2. The van der Waals surface area contributed by atoms with Gasteiger partial charge in [-0.15, -0.1) is 0 Å². The highest BCUT2D eigenvalue weighted by Crippen LogP contribution is 2.50. The van der Waals surface area contributed by atoms with E-state index in [4.69, 9.17) is 9.84 Å². The number of hydrogen-bond donors (Lipinski definition) is 4. The molecule has 0 aromatic heterocycles. The molecule has 2 aromatic rings. The number of benzene rings is 2. The van der Waals surface area contributed by atoms with Crippen LogP contribution in [0.2, 0.25) is 0 Å². The van der Waals surface area contributed by atoms with E-state index in [9.17, 15) is 43.7 Å². The minimum atomic E-state index is -4.57. The van der Waals surface area contributed by atoms with Crippen LogP contribution in [0, 0.1) is 0 Å². The normalized spacial score (nSPS) is 21.0. The van der Waals surface area contributed by atoms with Gasteiger partial charge in [0.1, 0.15) is 6.54 Å². The van der Waals surface area contributed by atoms with Crippen LogP contribution < -0.4 is 4.90 Å². The highest BCUT2D eigenvalue weighted by Gasteiger charge is 2.48. The maximum atomic E-state index is 12.2. The molecule has 0 saturated heterocycles. The van der Waals surface area contributed by atoms with Crippen LogP contribution in [0.4, 0.5) is 11.4 Å². The molecular weight excluding hydrogens is 785 g/mol. The number of likely N-dealkylation sites (N-methyl/N-ethyl adjacent to an activating group) is 1. The fourth-order valence-corrected chi connectivity index (χ4v) is 9.14. The van der Waals surface area contributed by atoms with Crippen molar-refractivity contribution >= 4 is 53.4 Å². The molecule has 17 heteroatoms. The van der Waals surface area contributed by atoms with Crippen molar-refractivity contribution in [3.8, 4) is 0 Å². The molecule has 0 aliphatic carbocycles. The molecule has 4 N–H and O–H groups in total. The fraction of sp³-hybridized carbons (Fsp3) is 0.436. The molecule has 2 aliphatic heterocycles. The minimum Gasteiger partial charge on any atom is -0.481 e. The Morgan fingerprint density at radius 3 is 2.04 bits per heavy atom. The summed E-state index contributed by atoms with van der Waals surface area (Å²) in [4.78, 5) is 12.7. The van der Waals surface area contributed by atoms with E-state index < -0.39 is 52.9 Å². The number of hydrogen-bond acceptors (Lipinski definition) is 9. The highest BCUT2D eigenvalue weighted by atomic mass is 32.2. The predicted octanol–water partition coefficient (Wildman–Crippen LogP) is 6.24. The largest absolute Gasteiger partial charge is 0.481 e. The minimum absolute atomic E-state index is 0.0257. The Kier molecular flexibility index (Phi) is 14.5. The maximum Gasteiger partial charge on any atom is 0.303 e. The summed E-state index contributed by atoms with van der Waals surface area (Å²) in [5, 5.41) is 9.07. The Balaban J connectivity index is 1.69. The number of carbonyl (C=O) groups is 1. The molecule has 14 nitrogen and oxygen atoms in total. The Morgan fingerprint density at radius 1 is 0.804 bits per heavy atom.